The van der Waals surface area contributed by atoms with Gasteiger partial charge in [0.2, 0.25) is 0 Å². The second kappa shape index (κ2) is 7.11. The lowest BCUT2D eigenvalue weighted by atomic mass is 9.84. The first-order valence-corrected chi connectivity index (χ1v) is 9.63. The van der Waals surface area contributed by atoms with Gasteiger partial charge in [0.15, 0.2) is 10.8 Å². The summed E-state index contributed by atoms with van der Waals surface area (Å²) in [6.07, 6.45) is -1.13. The zero-order valence-corrected chi connectivity index (χ0v) is 15.9. The Labute approximate surface area is 167 Å². The molecule has 1 N–H and O–H groups in total. The highest BCUT2D eigenvalue weighted by Crippen LogP contribution is 2.39. The van der Waals surface area contributed by atoms with Gasteiger partial charge in [-0.1, -0.05) is 12.1 Å². The van der Waals surface area contributed by atoms with Crippen molar-refractivity contribution in [2.75, 3.05) is 5.32 Å². The average molecular weight is 420 g/mol. The number of hydrogen-bond donors (Lipinski definition) is 1. The quantitative estimate of drug-likeness (QED) is 0.675. The number of carbonyl (C=O) groups is 2. The van der Waals surface area contributed by atoms with Crippen molar-refractivity contribution in [2.45, 2.75) is 31.5 Å². The molecule has 0 saturated carbocycles. The smallest absolute Gasteiger partial charge is 0.317 e. The lowest BCUT2D eigenvalue weighted by Crippen LogP contribution is -2.29. The summed E-state index contributed by atoms with van der Waals surface area (Å²) in [7, 11) is 0. The van der Waals surface area contributed by atoms with Crippen LogP contribution >= 0.6 is 11.3 Å². The normalized spacial score (nSPS) is 19.1. The first kappa shape index (κ1) is 19.3. The Balaban J connectivity index is 1.64. The molecule has 2 atom stereocenters. The number of halogens is 3. The maximum Gasteiger partial charge on any atom is 0.416 e. The number of aromatic nitrogens is 3. The average Bonchev–Trinajstić information content (AvgIpc) is 3.34. The second-order valence-electron chi connectivity index (χ2n) is 6.76. The first-order valence-electron chi connectivity index (χ1n) is 8.75. The fourth-order valence-electron chi connectivity index (χ4n) is 3.45. The third-order valence-corrected chi connectivity index (χ3v) is 5.63. The minimum atomic E-state index is -4.44. The number of nitrogens with one attached hydrogen (secondary N) is 1. The van der Waals surface area contributed by atoms with Crippen molar-refractivity contribution in [3.8, 4) is 0 Å². The number of ketones is 1. The molecule has 1 aliphatic heterocycles. The van der Waals surface area contributed by atoms with Crippen LogP contribution in [0.4, 0.5) is 18.9 Å². The molecule has 1 unspecified atom stereocenters. The van der Waals surface area contributed by atoms with E-state index in [9.17, 15) is 22.8 Å². The van der Waals surface area contributed by atoms with Crippen LogP contribution in [0, 0.1) is 0 Å². The van der Waals surface area contributed by atoms with Crippen molar-refractivity contribution >= 4 is 28.7 Å². The molecule has 0 fully saturated rings. The van der Waals surface area contributed by atoms with Gasteiger partial charge in [-0.2, -0.15) is 18.3 Å². The van der Waals surface area contributed by atoms with Gasteiger partial charge in [0, 0.05) is 11.6 Å². The van der Waals surface area contributed by atoms with Crippen LogP contribution in [0.3, 0.4) is 0 Å². The fourth-order valence-corrected chi connectivity index (χ4v) is 3.98. The molecule has 0 spiro atoms. The molecule has 1 aliphatic rings. The molecule has 150 valence electrons. The molecule has 0 aliphatic carbocycles. The standard InChI is InChI=1S/C19H15F3N4O2S/c1-10-8-13(11-2-4-12(5-3-11)19(20,21)22)16(27)15-14(9-24-26(10)15)25-17(28)18-23-6-7-29-18/h2-7,9-10,13H,8H2,1H3,(H,25,28)/t10-,13?/m0/s1. The third-order valence-electron chi connectivity index (χ3n) is 4.85. The summed E-state index contributed by atoms with van der Waals surface area (Å²) in [5, 5.41) is 8.79. The molecular formula is C19H15F3N4O2S. The topological polar surface area (TPSA) is 76.9 Å². The van der Waals surface area contributed by atoms with Crippen molar-refractivity contribution < 1.29 is 22.8 Å². The van der Waals surface area contributed by atoms with Crippen LogP contribution in [0.2, 0.25) is 0 Å². The molecular weight excluding hydrogens is 405 g/mol. The van der Waals surface area contributed by atoms with Gasteiger partial charge < -0.3 is 5.32 Å². The van der Waals surface area contributed by atoms with Crippen molar-refractivity contribution in [3.63, 3.8) is 0 Å². The van der Waals surface area contributed by atoms with E-state index in [0.29, 0.717) is 12.0 Å². The molecule has 1 aromatic carbocycles. The van der Waals surface area contributed by atoms with Crippen molar-refractivity contribution in [3.05, 3.63) is 63.9 Å². The number of thiazole rings is 1. The molecule has 0 radical (unpaired) electrons. The Hall–Kier alpha value is -3.01. The van der Waals surface area contributed by atoms with Gasteiger partial charge in [0.1, 0.15) is 5.69 Å². The summed E-state index contributed by atoms with van der Waals surface area (Å²) in [4.78, 5) is 29.4. The Morgan fingerprint density at radius 2 is 2.00 bits per heavy atom. The third kappa shape index (κ3) is 3.55. The van der Waals surface area contributed by atoms with E-state index >= 15 is 0 Å². The van der Waals surface area contributed by atoms with E-state index in [2.05, 4.69) is 15.4 Å². The SMILES string of the molecule is C[C@H]1CC(c2ccc(C(F)(F)F)cc2)C(=O)c2c(NC(=O)c3nccs3)cnn21. The second-order valence-corrected chi connectivity index (χ2v) is 7.66. The monoisotopic (exact) mass is 420 g/mol. The number of nitrogens with zero attached hydrogens (tertiary/aromatic N) is 3. The van der Waals surface area contributed by atoms with Crippen molar-refractivity contribution in [1.82, 2.24) is 14.8 Å². The highest BCUT2D eigenvalue weighted by Gasteiger charge is 2.37. The number of Topliss-reactive ketones (excluding diaryl/α,β-unsaturated/α-hetero) is 1. The van der Waals surface area contributed by atoms with Crippen LogP contribution < -0.4 is 5.32 Å². The van der Waals surface area contributed by atoms with Gasteiger partial charge >= 0.3 is 6.18 Å². The molecule has 0 saturated heterocycles. The fraction of sp³-hybridized carbons (Fsp3) is 0.263. The lowest BCUT2D eigenvalue weighted by molar-refractivity contribution is -0.137. The number of fused-ring (bicyclic) bond motifs is 1. The highest BCUT2D eigenvalue weighted by atomic mass is 32.1. The molecule has 6 nitrogen and oxygen atoms in total. The largest absolute Gasteiger partial charge is 0.416 e. The van der Waals surface area contributed by atoms with Gasteiger partial charge in [-0.25, -0.2) is 4.98 Å². The van der Waals surface area contributed by atoms with Crippen LogP contribution in [0.1, 0.15) is 56.7 Å². The highest BCUT2D eigenvalue weighted by molar-refractivity contribution is 7.11. The van der Waals surface area contributed by atoms with Gasteiger partial charge in [-0.3, -0.25) is 14.3 Å². The minimum Gasteiger partial charge on any atom is -0.317 e. The summed E-state index contributed by atoms with van der Waals surface area (Å²) < 4.78 is 40.0. The number of alkyl halides is 3. The molecule has 29 heavy (non-hydrogen) atoms. The Morgan fingerprint density at radius 3 is 2.62 bits per heavy atom. The first-order chi connectivity index (χ1) is 13.8. The molecule has 3 heterocycles. The van der Waals surface area contributed by atoms with Crippen molar-refractivity contribution in [2.24, 2.45) is 0 Å². The van der Waals surface area contributed by atoms with E-state index in [1.54, 1.807) is 10.1 Å². The minimum absolute atomic E-state index is 0.166. The zero-order valence-electron chi connectivity index (χ0n) is 15.1. The van der Waals surface area contributed by atoms with E-state index in [-0.39, 0.29) is 28.2 Å². The van der Waals surface area contributed by atoms with Crippen LogP contribution in [0.5, 0.6) is 0 Å². The lowest BCUT2D eigenvalue weighted by Gasteiger charge is -2.28. The maximum atomic E-state index is 13.1. The van der Waals surface area contributed by atoms with Gasteiger partial charge in [-0.05, 0) is 31.0 Å². The predicted molar refractivity (Wildman–Crippen MR) is 100 cm³/mol. The Morgan fingerprint density at radius 1 is 1.28 bits per heavy atom. The van der Waals surface area contributed by atoms with Crippen LogP contribution in [-0.2, 0) is 6.18 Å². The van der Waals surface area contributed by atoms with Gasteiger partial charge in [0.05, 0.1) is 29.4 Å². The van der Waals surface area contributed by atoms with E-state index in [1.165, 1.54) is 35.9 Å². The zero-order chi connectivity index (χ0) is 20.8. The predicted octanol–water partition coefficient (Wildman–Crippen LogP) is 4.54. The van der Waals surface area contributed by atoms with E-state index in [4.69, 9.17) is 0 Å². The van der Waals surface area contributed by atoms with Crippen LogP contribution in [-0.4, -0.2) is 26.5 Å². The summed E-state index contributed by atoms with van der Waals surface area (Å²) in [5.41, 5.74) is 0.232. The summed E-state index contributed by atoms with van der Waals surface area (Å²) in [6.45, 7) is 1.87. The molecule has 10 heteroatoms. The van der Waals surface area contributed by atoms with E-state index in [1.807, 2.05) is 6.92 Å². The summed E-state index contributed by atoms with van der Waals surface area (Å²) in [6, 6.07) is 4.45. The number of anilines is 1. The number of benzene rings is 1. The van der Waals surface area contributed by atoms with E-state index < -0.39 is 23.6 Å². The molecule has 2 aromatic heterocycles. The molecule has 1 amide bonds. The summed E-state index contributed by atoms with van der Waals surface area (Å²) in [5.74, 6) is -1.37. The number of carbonyl (C=O) groups excluding carboxylic acids is 2. The molecule has 4 rings (SSSR count). The van der Waals surface area contributed by atoms with Crippen LogP contribution in [0.25, 0.3) is 0 Å². The number of rotatable bonds is 3. The maximum absolute atomic E-state index is 13.1. The Bertz CT molecular complexity index is 1060. The van der Waals surface area contributed by atoms with Gasteiger partial charge in [0.25, 0.3) is 5.91 Å². The Kier molecular flexibility index (Phi) is 4.73. The molecule has 3 aromatic rings. The number of amides is 1. The number of hydrogen-bond acceptors (Lipinski definition) is 5. The van der Waals surface area contributed by atoms with Crippen molar-refractivity contribution in [1.29, 1.82) is 0 Å². The molecule has 0 bridgehead atoms. The van der Waals surface area contributed by atoms with Gasteiger partial charge in [-0.15, -0.1) is 11.3 Å². The van der Waals surface area contributed by atoms with Crippen LogP contribution in [0.15, 0.2) is 42.0 Å². The summed E-state index contributed by atoms with van der Waals surface area (Å²) >= 11 is 1.17. The van der Waals surface area contributed by atoms with E-state index in [0.717, 1.165) is 12.1 Å².